The molecule has 2 aromatic rings. The lowest BCUT2D eigenvalue weighted by molar-refractivity contribution is 0.0950. The van der Waals surface area contributed by atoms with Gasteiger partial charge in [0.25, 0.3) is 11.5 Å². The van der Waals surface area contributed by atoms with Crippen LogP contribution >= 0.6 is 11.3 Å². The van der Waals surface area contributed by atoms with Gasteiger partial charge >= 0.3 is 0 Å². The van der Waals surface area contributed by atoms with Gasteiger partial charge in [-0.05, 0) is 44.1 Å². The molecule has 1 amide bonds. The Hall–Kier alpha value is -1.95. The lowest BCUT2D eigenvalue weighted by Crippen LogP contribution is -2.29. The van der Waals surface area contributed by atoms with Crippen LogP contribution in [0, 0.1) is 12.8 Å². The second-order valence-electron chi connectivity index (χ2n) is 6.69. The second kappa shape index (κ2) is 6.16. The fourth-order valence-electron chi connectivity index (χ4n) is 3.65. The largest absolute Gasteiger partial charge is 0.351 e. The maximum atomic E-state index is 12.7. The van der Waals surface area contributed by atoms with E-state index in [9.17, 15) is 9.59 Å². The van der Waals surface area contributed by atoms with Crippen molar-refractivity contribution in [1.82, 2.24) is 14.9 Å². The van der Waals surface area contributed by atoms with Gasteiger partial charge in [-0.3, -0.25) is 14.2 Å². The van der Waals surface area contributed by atoms with Crippen LogP contribution in [0.15, 0.2) is 16.9 Å². The molecule has 1 atom stereocenters. The fraction of sp³-hybridized carbons (Fsp3) is 0.500. The molecule has 24 heavy (non-hydrogen) atoms. The van der Waals surface area contributed by atoms with E-state index in [4.69, 9.17) is 0 Å². The van der Waals surface area contributed by atoms with E-state index in [1.165, 1.54) is 11.3 Å². The summed E-state index contributed by atoms with van der Waals surface area (Å²) >= 11 is 1.35. The fourth-order valence-corrected chi connectivity index (χ4v) is 4.76. The van der Waals surface area contributed by atoms with Crippen molar-refractivity contribution < 1.29 is 4.79 Å². The zero-order valence-electron chi connectivity index (χ0n) is 13.8. The highest BCUT2D eigenvalue weighted by Crippen LogP contribution is 2.28. The van der Waals surface area contributed by atoms with E-state index in [-0.39, 0.29) is 11.5 Å². The standard InChI is InChI=1S/C18H21N3O2S/c1-11-14-17(20-13-8-5-9-21(13)18(14)23)24-15(11)16(22)19-10-12-6-3-2-4-7-12/h2-3,12H,4-10H2,1H3,(H,19,22)/t12-/m1/s1. The number of amides is 1. The molecule has 0 unspecified atom stereocenters. The summed E-state index contributed by atoms with van der Waals surface area (Å²) in [6.45, 7) is 3.30. The molecule has 6 heteroatoms. The van der Waals surface area contributed by atoms with Crippen molar-refractivity contribution in [3.05, 3.63) is 38.8 Å². The number of hydrogen-bond donors (Lipinski definition) is 1. The number of rotatable bonds is 3. The van der Waals surface area contributed by atoms with E-state index < -0.39 is 0 Å². The Balaban J connectivity index is 1.61. The molecule has 4 rings (SSSR count). The molecule has 0 fully saturated rings. The summed E-state index contributed by atoms with van der Waals surface area (Å²) in [5.74, 6) is 1.30. The van der Waals surface area contributed by atoms with Crippen LogP contribution in [-0.4, -0.2) is 22.0 Å². The molecule has 0 saturated carbocycles. The van der Waals surface area contributed by atoms with E-state index in [0.717, 1.165) is 50.0 Å². The Bertz CT molecular complexity index is 894. The first-order valence-electron chi connectivity index (χ1n) is 8.61. The highest BCUT2D eigenvalue weighted by atomic mass is 32.1. The molecule has 5 nitrogen and oxygen atoms in total. The lowest BCUT2D eigenvalue weighted by atomic mass is 9.94. The van der Waals surface area contributed by atoms with Crippen molar-refractivity contribution in [3.8, 4) is 0 Å². The van der Waals surface area contributed by atoms with Crippen LogP contribution in [-0.2, 0) is 13.0 Å². The maximum absolute atomic E-state index is 12.7. The normalized spacial score (nSPS) is 19.6. The van der Waals surface area contributed by atoms with Gasteiger partial charge in [-0.2, -0.15) is 0 Å². The first kappa shape index (κ1) is 15.6. The van der Waals surface area contributed by atoms with Crippen molar-refractivity contribution in [2.24, 2.45) is 5.92 Å². The minimum absolute atomic E-state index is 0.0118. The third kappa shape index (κ3) is 2.59. The molecule has 3 heterocycles. The molecular formula is C18H21N3O2S. The molecule has 0 saturated heterocycles. The van der Waals surface area contributed by atoms with E-state index in [1.54, 1.807) is 4.57 Å². The first-order chi connectivity index (χ1) is 11.6. The summed E-state index contributed by atoms with van der Waals surface area (Å²) in [7, 11) is 0. The summed E-state index contributed by atoms with van der Waals surface area (Å²) in [5, 5.41) is 3.67. The molecule has 0 spiro atoms. The van der Waals surface area contributed by atoms with Gasteiger partial charge in [0.05, 0.1) is 10.3 Å². The van der Waals surface area contributed by atoms with Gasteiger partial charge in [-0.1, -0.05) is 12.2 Å². The van der Waals surface area contributed by atoms with Gasteiger partial charge in [0, 0.05) is 19.5 Å². The highest BCUT2D eigenvalue weighted by molar-refractivity contribution is 7.20. The first-order valence-corrected chi connectivity index (χ1v) is 9.43. The molecule has 126 valence electrons. The van der Waals surface area contributed by atoms with Crippen LogP contribution in [0.5, 0.6) is 0 Å². The van der Waals surface area contributed by atoms with E-state index in [2.05, 4.69) is 22.5 Å². The SMILES string of the molecule is Cc1c(C(=O)NC[C@@H]2CC=CCC2)sc2nc3n(c(=O)c12)CCC3. The Kier molecular flexibility index (Phi) is 4.00. The van der Waals surface area contributed by atoms with Crippen LogP contribution in [0.1, 0.15) is 46.7 Å². The molecule has 1 aliphatic heterocycles. The quantitative estimate of drug-likeness (QED) is 0.872. The topological polar surface area (TPSA) is 64.0 Å². The van der Waals surface area contributed by atoms with Crippen molar-refractivity contribution in [3.63, 3.8) is 0 Å². The third-order valence-corrected chi connectivity index (χ3v) is 6.23. The van der Waals surface area contributed by atoms with Crippen LogP contribution in [0.3, 0.4) is 0 Å². The van der Waals surface area contributed by atoms with Crippen LogP contribution in [0.25, 0.3) is 10.2 Å². The number of carbonyl (C=O) groups excluding carboxylic acids is 1. The van der Waals surface area contributed by atoms with Gasteiger partial charge < -0.3 is 5.32 Å². The van der Waals surface area contributed by atoms with Crippen LogP contribution in [0.4, 0.5) is 0 Å². The van der Waals surface area contributed by atoms with Crippen LogP contribution < -0.4 is 10.9 Å². The monoisotopic (exact) mass is 343 g/mol. The Morgan fingerprint density at radius 1 is 1.46 bits per heavy atom. The van der Waals surface area contributed by atoms with Gasteiger partial charge in [0.2, 0.25) is 0 Å². The zero-order chi connectivity index (χ0) is 16.7. The summed E-state index contributed by atoms with van der Waals surface area (Å²) < 4.78 is 1.76. The highest BCUT2D eigenvalue weighted by Gasteiger charge is 2.23. The summed E-state index contributed by atoms with van der Waals surface area (Å²) in [6.07, 6.45) is 9.46. The molecule has 2 aromatic heterocycles. The molecule has 2 aliphatic rings. The minimum Gasteiger partial charge on any atom is -0.351 e. The maximum Gasteiger partial charge on any atom is 0.262 e. The number of carbonyl (C=O) groups is 1. The lowest BCUT2D eigenvalue weighted by Gasteiger charge is -2.17. The summed E-state index contributed by atoms with van der Waals surface area (Å²) in [6, 6.07) is 0. The van der Waals surface area contributed by atoms with Crippen molar-refractivity contribution in [2.75, 3.05) is 6.54 Å². The second-order valence-corrected chi connectivity index (χ2v) is 7.68. The van der Waals surface area contributed by atoms with Gasteiger partial charge in [0.1, 0.15) is 10.7 Å². The number of hydrogen-bond acceptors (Lipinski definition) is 4. The Labute approximate surface area is 144 Å². The molecular weight excluding hydrogens is 322 g/mol. The minimum atomic E-state index is -0.0744. The number of aryl methyl sites for hydroxylation is 2. The zero-order valence-corrected chi connectivity index (χ0v) is 14.6. The van der Waals surface area contributed by atoms with E-state index in [0.29, 0.717) is 27.6 Å². The number of aromatic nitrogens is 2. The van der Waals surface area contributed by atoms with Crippen molar-refractivity contribution >= 4 is 27.5 Å². The summed E-state index contributed by atoms with van der Waals surface area (Å²) in [5.41, 5.74) is 0.786. The van der Waals surface area contributed by atoms with E-state index in [1.807, 2.05) is 6.92 Å². The van der Waals surface area contributed by atoms with Crippen molar-refractivity contribution in [1.29, 1.82) is 0 Å². The molecule has 1 aliphatic carbocycles. The predicted octanol–water partition coefficient (Wildman–Crippen LogP) is 2.80. The Morgan fingerprint density at radius 3 is 3.12 bits per heavy atom. The van der Waals surface area contributed by atoms with Gasteiger partial charge in [-0.25, -0.2) is 4.98 Å². The average molecular weight is 343 g/mol. The third-order valence-electron chi connectivity index (χ3n) is 5.05. The molecule has 1 N–H and O–H groups in total. The Morgan fingerprint density at radius 2 is 2.33 bits per heavy atom. The number of fused-ring (bicyclic) bond motifs is 2. The van der Waals surface area contributed by atoms with Gasteiger partial charge in [0.15, 0.2) is 0 Å². The smallest absolute Gasteiger partial charge is 0.262 e. The van der Waals surface area contributed by atoms with E-state index >= 15 is 0 Å². The summed E-state index contributed by atoms with van der Waals surface area (Å²) in [4.78, 5) is 31.2. The van der Waals surface area contributed by atoms with Crippen molar-refractivity contribution in [2.45, 2.75) is 45.6 Å². The molecule has 0 aromatic carbocycles. The van der Waals surface area contributed by atoms with Gasteiger partial charge in [-0.15, -0.1) is 11.3 Å². The van der Waals surface area contributed by atoms with Crippen LogP contribution in [0.2, 0.25) is 0 Å². The molecule has 0 bridgehead atoms. The predicted molar refractivity (Wildman–Crippen MR) is 95.8 cm³/mol. The number of nitrogens with zero attached hydrogens (tertiary/aromatic N) is 2. The molecule has 0 radical (unpaired) electrons. The number of nitrogens with one attached hydrogen (secondary N) is 1. The number of allylic oxidation sites excluding steroid dienone is 2. The number of thiophene rings is 1. The average Bonchev–Trinajstić information content (AvgIpc) is 3.19.